The van der Waals surface area contributed by atoms with Gasteiger partial charge >= 0.3 is 0 Å². The molecule has 0 saturated carbocycles. The molecule has 0 aliphatic carbocycles. The molecule has 0 unspecified atom stereocenters. The molecule has 1 aliphatic rings. The van der Waals surface area contributed by atoms with E-state index in [1.165, 1.54) is 0 Å². The normalized spacial score (nSPS) is 18.3. The molecule has 1 saturated heterocycles. The van der Waals surface area contributed by atoms with Crippen molar-refractivity contribution < 1.29 is 18.3 Å². The molecule has 5 nitrogen and oxygen atoms in total. The Morgan fingerprint density at radius 3 is 2.25 bits per heavy atom. The number of carbonyl (C=O) groups excluding carboxylic acids is 1. The number of benzene rings is 1. The quantitative estimate of drug-likeness (QED) is 0.879. The lowest BCUT2D eigenvalue weighted by atomic mass is 9.98. The molecule has 0 aromatic heterocycles. The van der Waals surface area contributed by atoms with Crippen LogP contribution >= 0.6 is 0 Å². The van der Waals surface area contributed by atoms with Crippen LogP contribution in [0, 0.1) is 0 Å². The van der Waals surface area contributed by atoms with Crippen LogP contribution in [-0.4, -0.2) is 54.5 Å². The van der Waals surface area contributed by atoms with E-state index in [-0.39, 0.29) is 23.5 Å². The summed E-state index contributed by atoms with van der Waals surface area (Å²) in [7, 11) is -1.18. The zero-order chi connectivity index (χ0) is 18.0. The molecule has 6 heteroatoms. The second kappa shape index (κ2) is 7.23. The summed E-state index contributed by atoms with van der Waals surface area (Å²) in [4.78, 5) is 14.2. The van der Waals surface area contributed by atoms with E-state index in [1.807, 2.05) is 12.1 Å². The Hall–Kier alpha value is -1.40. The number of hydrogen-bond acceptors (Lipinski definition) is 4. The highest BCUT2D eigenvalue weighted by atomic mass is 32.2. The number of amides is 1. The molecule has 134 valence electrons. The van der Waals surface area contributed by atoms with E-state index >= 15 is 0 Å². The fraction of sp³-hybridized carbons (Fsp3) is 0.611. The summed E-state index contributed by atoms with van der Waals surface area (Å²) in [6.07, 6.45) is 2.44. The maximum absolute atomic E-state index is 12.6. The lowest BCUT2D eigenvalue weighted by Crippen LogP contribution is -2.42. The third-order valence-corrected chi connectivity index (χ3v) is 6.33. The molecule has 0 spiro atoms. The highest BCUT2D eigenvalue weighted by Gasteiger charge is 2.28. The summed E-state index contributed by atoms with van der Waals surface area (Å²) in [5, 5.41) is 9.77. The highest BCUT2D eigenvalue weighted by molar-refractivity contribution is 7.91. The van der Waals surface area contributed by atoms with Gasteiger partial charge in [-0.05, 0) is 57.2 Å². The van der Waals surface area contributed by atoms with Crippen LogP contribution in [0.5, 0.6) is 0 Å². The summed E-state index contributed by atoms with van der Waals surface area (Å²) >= 11 is 0. The van der Waals surface area contributed by atoms with Gasteiger partial charge in [0, 0.05) is 18.7 Å². The molecule has 24 heavy (non-hydrogen) atoms. The van der Waals surface area contributed by atoms with Gasteiger partial charge in [-0.25, -0.2) is 8.42 Å². The van der Waals surface area contributed by atoms with E-state index in [0.717, 1.165) is 12.0 Å². The Labute approximate surface area is 144 Å². The lowest BCUT2D eigenvalue weighted by Gasteiger charge is -2.31. The van der Waals surface area contributed by atoms with Gasteiger partial charge in [-0.3, -0.25) is 4.79 Å². The Kier molecular flexibility index (Phi) is 5.71. The standard InChI is InChI=1S/C18H27NO4S/c1-18(2,21)11-8-14-4-6-15(7-5-14)17(20)19(3)16-9-12-24(22,23)13-10-16/h4-7,16,21H,8-13H2,1-3H3. The molecule has 1 aliphatic heterocycles. The zero-order valence-electron chi connectivity index (χ0n) is 14.7. The minimum absolute atomic E-state index is 0.0177. The topological polar surface area (TPSA) is 74.7 Å². The maximum atomic E-state index is 12.6. The van der Waals surface area contributed by atoms with Crippen molar-refractivity contribution in [2.24, 2.45) is 0 Å². The van der Waals surface area contributed by atoms with Crippen LogP contribution in [0.3, 0.4) is 0 Å². The molecule has 1 aromatic rings. The number of sulfone groups is 1. The number of nitrogens with zero attached hydrogens (tertiary/aromatic N) is 1. The van der Waals surface area contributed by atoms with E-state index < -0.39 is 15.4 Å². The predicted octanol–water partition coefficient (Wildman–Crippen LogP) is 2.04. The van der Waals surface area contributed by atoms with Crippen molar-refractivity contribution in [3.8, 4) is 0 Å². The zero-order valence-corrected chi connectivity index (χ0v) is 15.5. The molecular formula is C18H27NO4S. The minimum atomic E-state index is -2.92. The van der Waals surface area contributed by atoms with E-state index in [9.17, 15) is 18.3 Å². The Morgan fingerprint density at radius 2 is 1.75 bits per heavy atom. The van der Waals surface area contributed by atoms with Crippen molar-refractivity contribution in [2.75, 3.05) is 18.6 Å². The average Bonchev–Trinajstić information content (AvgIpc) is 2.51. The van der Waals surface area contributed by atoms with Gasteiger partial charge in [0.1, 0.15) is 9.84 Å². The average molecular weight is 353 g/mol. The Morgan fingerprint density at radius 1 is 1.21 bits per heavy atom. The molecule has 1 aromatic carbocycles. The fourth-order valence-corrected chi connectivity index (χ4v) is 4.37. The molecule has 0 atom stereocenters. The molecule has 0 radical (unpaired) electrons. The van der Waals surface area contributed by atoms with Crippen molar-refractivity contribution in [2.45, 2.75) is 51.2 Å². The van der Waals surface area contributed by atoms with Crippen LogP contribution in [0.2, 0.25) is 0 Å². The summed E-state index contributed by atoms with van der Waals surface area (Å²) < 4.78 is 23.0. The van der Waals surface area contributed by atoms with Crippen molar-refractivity contribution in [3.05, 3.63) is 35.4 Å². The molecule has 1 amide bonds. The predicted molar refractivity (Wildman–Crippen MR) is 94.8 cm³/mol. The number of aliphatic hydroxyl groups is 1. The minimum Gasteiger partial charge on any atom is -0.390 e. The Bertz CT molecular complexity index is 660. The fourth-order valence-electron chi connectivity index (χ4n) is 2.90. The lowest BCUT2D eigenvalue weighted by molar-refractivity contribution is 0.0707. The van der Waals surface area contributed by atoms with Gasteiger partial charge in [-0.2, -0.15) is 0 Å². The van der Waals surface area contributed by atoms with Gasteiger partial charge in [0.15, 0.2) is 0 Å². The summed E-state index contributed by atoms with van der Waals surface area (Å²) in [6.45, 7) is 3.56. The van der Waals surface area contributed by atoms with Gasteiger partial charge in [-0.15, -0.1) is 0 Å². The summed E-state index contributed by atoms with van der Waals surface area (Å²) in [6, 6.07) is 7.42. The van der Waals surface area contributed by atoms with Gasteiger partial charge in [-0.1, -0.05) is 12.1 Å². The van der Waals surface area contributed by atoms with Gasteiger partial charge in [0.2, 0.25) is 0 Å². The number of carbonyl (C=O) groups is 1. The first kappa shape index (κ1) is 18.9. The molecular weight excluding hydrogens is 326 g/mol. The SMILES string of the molecule is CN(C(=O)c1ccc(CCC(C)(C)O)cc1)C1CCS(=O)(=O)CC1. The maximum Gasteiger partial charge on any atom is 0.253 e. The third kappa shape index (κ3) is 5.31. The molecule has 1 heterocycles. The number of hydrogen-bond donors (Lipinski definition) is 1. The van der Waals surface area contributed by atoms with Gasteiger partial charge < -0.3 is 10.0 Å². The second-order valence-electron chi connectivity index (χ2n) is 7.31. The summed E-state index contributed by atoms with van der Waals surface area (Å²) in [5.41, 5.74) is 0.994. The van der Waals surface area contributed by atoms with Crippen LogP contribution in [-0.2, 0) is 16.3 Å². The van der Waals surface area contributed by atoms with E-state index in [1.54, 1.807) is 37.9 Å². The smallest absolute Gasteiger partial charge is 0.253 e. The van der Waals surface area contributed by atoms with Crippen LogP contribution in [0.15, 0.2) is 24.3 Å². The molecule has 1 N–H and O–H groups in total. The van der Waals surface area contributed by atoms with E-state index in [2.05, 4.69) is 0 Å². The van der Waals surface area contributed by atoms with Crippen molar-refractivity contribution in [1.82, 2.24) is 4.90 Å². The third-order valence-electron chi connectivity index (χ3n) is 4.62. The molecule has 1 fully saturated rings. The van der Waals surface area contributed by atoms with E-state index in [0.29, 0.717) is 24.8 Å². The monoisotopic (exact) mass is 353 g/mol. The number of rotatable bonds is 5. The van der Waals surface area contributed by atoms with Crippen molar-refractivity contribution in [3.63, 3.8) is 0 Å². The Balaban J connectivity index is 1.97. The van der Waals surface area contributed by atoms with Crippen molar-refractivity contribution in [1.29, 1.82) is 0 Å². The highest BCUT2D eigenvalue weighted by Crippen LogP contribution is 2.20. The number of aryl methyl sites for hydroxylation is 1. The summed E-state index contributed by atoms with van der Waals surface area (Å²) in [5.74, 6) is 0.240. The van der Waals surface area contributed by atoms with Gasteiger partial charge in [0.25, 0.3) is 5.91 Å². The molecule has 0 bridgehead atoms. The van der Waals surface area contributed by atoms with Crippen LogP contribution < -0.4 is 0 Å². The van der Waals surface area contributed by atoms with Crippen LogP contribution in [0.25, 0.3) is 0 Å². The van der Waals surface area contributed by atoms with Gasteiger partial charge in [0.05, 0.1) is 17.1 Å². The second-order valence-corrected chi connectivity index (χ2v) is 9.61. The first-order valence-electron chi connectivity index (χ1n) is 8.36. The largest absolute Gasteiger partial charge is 0.390 e. The van der Waals surface area contributed by atoms with E-state index in [4.69, 9.17) is 0 Å². The molecule has 2 rings (SSSR count). The van der Waals surface area contributed by atoms with Crippen molar-refractivity contribution >= 4 is 15.7 Å². The first-order chi connectivity index (χ1) is 11.1. The first-order valence-corrected chi connectivity index (χ1v) is 10.2. The van der Waals surface area contributed by atoms with Crippen LogP contribution in [0.1, 0.15) is 49.0 Å². The van der Waals surface area contributed by atoms with Crippen LogP contribution in [0.4, 0.5) is 0 Å².